The number of benzene rings is 4. The van der Waals surface area contributed by atoms with E-state index in [2.05, 4.69) is 84.1 Å². The maximum absolute atomic E-state index is 13.1. The van der Waals surface area contributed by atoms with Gasteiger partial charge in [-0.05, 0) is 73.6 Å². The van der Waals surface area contributed by atoms with Gasteiger partial charge in [0.05, 0.1) is 35.8 Å². The van der Waals surface area contributed by atoms with Gasteiger partial charge in [-0.3, -0.25) is 4.79 Å². The number of carbonyl (C=O) groups is 2. The highest BCUT2D eigenvalue weighted by Gasteiger charge is 2.32. The molecule has 0 fully saturated rings. The Bertz CT molecular complexity index is 2080. The molecule has 3 N–H and O–H groups in total. The SMILES string of the molecule is CCOC(=O)C1=C(C)NC(=S)N[C@H]1c1ccccc1OCC(=O)NN=Cc1cc(-c2ccccc2)n(-c2ccc(Br)cc2)c1-c1ccccc1. The molecule has 0 spiro atoms. The minimum Gasteiger partial charge on any atom is -0.483 e. The van der Waals surface area contributed by atoms with Gasteiger partial charge in [0, 0.05) is 27.0 Å². The second-order valence-corrected chi connectivity index (χ2v) is 12.6. The number of nitrogens with zero attached hydrogens (tertiary/aromatic N) is 2. The molecule has 2 heterocycles. The molecular weight excluding hydrogens is 714 g/mol. The number of esters is 1. The molecule has 4 aromatic carbocycles. The summed E-state index contributed by atoms with van der Waals surface area (Å²) < 4.78 is 14.5. The van der Waals surface area contributed by atoms with Crippen molar-refractivity contribution >= 4 is 51.4 Å². The predicted octanol–water partition coefficient (Wildman–Crippen LogP) is 7.46. The van der Waals surface area contributed by atoms with Crippen LogP contribution in [0.2, 0.25) is 0 Å². The predicted molar refractivity (Wildman–Crippen MR) is 203 cm³/mol. The van der Waals surface area contributed by atoms with Gasteiger partial charge in [-0.15, -0.1) is 0 Å². The molecule has 50 heavy (non-hydrogen) atoms. The normalized spacial score (nSPS) is 14.2. The number of thiocarbonyl (C=S) groups is 1. The molecular formula is C39H34BrN5O4S. The number of allylic oxidation sites excluding steroid dienone is 1. The van der Waals surface area contributed by atoms with Crippen LogP contribution in [0, 0.1) is 0 Å². The van der Waals surface area contributed by atoms with Crippen LogP contribution < -0.4 is 20.8 Å². The first kappa shape index (κ1) is 34.3. The standard InChI is InChI=1S/C39H34BrN5O4S/c1-3-48-38(47)35-25(2)42-39(50)43-36(35)31-16-10-11-17-33(31)49-24-34(46)44-41-23-28-22-32(26-12-6-4-7-13-26)45(30-20-18-29(40)19-21-30)37(28)27-14-8-5-9-15-27/h4-23,36H,3,24H2,1-2H3,(H,44,46)(H2,42,43,50)/t36-/m0/s1. The lowest BCUT2D eigenvalue weighted by molar-refractivity contribution is -0.139. The van der Waals surface area contributed by atoms with Crippen molar-refractivity contribution in [3.05, 3.63) is 142 Å². The lowest BCUT2D eigenvalue weighted by atomic mass is 9.95. The number of ether oxygens (including phenoxy) is 2. The molecule has 0 saturated heterocycles. The van der Waals surface area contributed by atoms with Gasteiger partial charge in [-0.25, -0.2) is 10.2 Å². The van der Waals surface area contributed by atoms with Crippen molar-refractivity contribution in [1.29, 1.82) is 0 Å². The van der Waals surface area contributed by atoms with E-state index < -0.39 is 17.9 Å². The van der Waals surface area contributed by atoms with Crippen LogP contribution in [0.3, 0.4) is 0 Å². The summed E-state index contributed by atoms with van der Waals surface area (Å²) in [5, 5.41) is 10.8. The fourth-order valence-corrected chi connectivity index (χ4v) is 6.34. The zero-order valence-electron chi connectivity index (χ0n) is 27.4. The van der Waals surface area contributed by atoms with Crippen molar-refractivity contribution < 1.29 is 19.1 Å². The molecule has 1 aliphatic rings. The summed E-state index contributed by atoms with van der Waals surface area (Å²) >= 11 is 8.94. The summed E-state index contributed by atoms with van der Waals surface area (Å²) in [5.74, 6) is -0.522. The molecule has 0 bridgehead atoms. The van der Waals surface area contributed by atoms with Gasteiger partial charge >= 0.3 is 5.97 Å². The third kappa shape index (κ3) is 7.69. The highest BCUT2D eigenvalue weighted by atomic mass is 79.9. The summed E-state index contributed by atoms with van der Waals surface area (Å²) in [6.07, 6.45) is 1.65. The van der Waals surface area contributed by atoms with Crippen LogP contribution >= 0.6 is 28.1 Å². The van der Waals surface area contributed by atoms with Gasteiger partial charge in [0.25, 0.3) is 5.91 Å². The Morgan fingerprint density at radius 1 is 0.940 bits per heavy atom. The van der Waals surface area contributed by atoms with E-state index in [1.165, 1.54) is 0 Å². The number of para-hydroxylation sites is 1. The Kier molecular flexibility index (Phi) is 10.9. The summed E-state index contributed by atoms with van der Waals surface area (Å²) in [5.41, 5.74) is 9.90. The Morgan fingerprint density at radius 2 is 1.60 bits per heavy atom. The molecule has 11 heteroatoms. The highest BCUT2D eigenvalue weighted by Crippen LogP contribution is 2.36. The zero-order chi connectivity index (χ0) is 35.0. The van der Waals surface area contributed by atoms with Crippen LogP contribution in [0.15, 0.2) is 136 Å². The maximum atomic E-state index is 13.1. The van der Waals surface area contributed by atoms with Crippen molar-refractivity contribution in [1.82, 2.24) is 20.6 Å². The van der Waals surface area contributed by atoms with Crippen molar-refractivity contribution in [3.8, 4) is 34.0 Å². The number of amides is 1. The average Bonchev–Trinajstić information content (AvgIpc) is 3.51. The Morgan fingerprint density at radius 3 is 2.30 bits per heavy atom. The fourth-order valence-electron chi connectivity index (χ4n) is 5.81. The smallest absolute Gasteiger partial charge is 0.338 e. The maximum Gasteiger partial charge on any atom is 0.338 e. The van der Waals surface area contributed by atoms with Crippen molar-refractivity contribution in [2.45, 2.75) is 19.9 Å². The number of carbonyl (C=O) groups excluding carboxylic acids is 2. The third-order valence-electron chi connectivity index (χ3n) is 7.98. The van der Waals surface area contributed by atoms with E-state index in [9.17, 15) is 9.59 Å². The summed E-state index contributed by atoms with van der Waals surface area (Å²) in [6.45, 7) is 3.42. The molecule has 0 aliphatic carbocycles. The molecule has 0 radical (unpaired) electrons. The summed E-state index contributed by atoms with van der Waals surface area (Å²) in [4.78, 5) is 26.0. The van der Waals surface area contributed by atoms with Crippen LogP contribution in [0.1, 0.15) is 31.0 Å². The molecule has 1 atom stereocenters. The van der Waals surface area contributed by atoms with Gasteiger partial charge in [-0.1, -0.05) is 94.8 Å². The monoisotopic (exact) mass is 747 g/mol. The quantitative estimate of drug-likeness (QED) is 0.0558. The molecule has 0 saturated carbocycles. The Labute approximate surface area is 304 Å². The van der Waals surface area contributed by atoms with Crippen LogP contribution in [-0.2, 0) is 14.3 Å². The van der Waals surface area contributed by atoms with Crippen LogP contribution in [0.25, 0.3) is 28.2 Å². The van der Waals surface area contributed by atoms with E-state index in [0.717, 1.165) is 38.2 Å². The number of rotatable bonds is 11. The van der Waals surface area contributed by atoms with Gasteiger partial charge in [-0.2, -0.15) is 5.10 Å². The largest absolute Gasteiger partial charge is 0.483 e. The topological polar surface area (TPSA) is 106 Å². The molecule has 0 unspecified atom stereocenters. The number of hydrogen-bond donors (Lipinski definition) is 3. The van der Waals surface area contributed by atoms with Gasteiger partial charge in [0.2, 0.25) is 0 Å². The minimum atomic E-state index is -0.634. The first-order valence-electron chi connectivity index (χ1n) is 16.0. The Balaban J connectivity index is 1.26. The Hall–Kier alpha value is -5.52. The first-order valence-corrected chi connectivity index (χ1v) is 17.2. The van der Waals surface area contributed by atoms with Crippen LogP contribution in [-0.4, -0.2) is 41.0 Å². The highest BCUT2D eigenvalue weighted by molar-refractivity contribution is 9.10. The van der Waals surface area contributed by atoms with Crippen LogP contribution in [0.4, 0.5) is 0 Å². The molecule has 9 nitrogen and oxygen atoms in total. The number of halogens is 1. The van der Waals surface area contributed by atoms with Gasteiger partial charge < -0.3 is 24.7 Å². The molecule has 1 amide bonds. The van der Waals surface area contributed by atoms with E-state index in [1.807, 2.05) is 60.7 Å². The fraction of sp³-hybridized carbons (Fsp3) is 0.128. The number of aromatic nitrogens is 1. The number of hydrogen-bond acceptors (Lipinski definition) is 6. The number of nitrogens with one attached hydrogen (secondary N) is 3. The van der Waals surface area contributed by atoms with E-state index in [4.69, 9.17) is 21.7 Å². The van der Waals surface area contributed by atoms with Crippen molar-refractivity contribution in [2.24, 2.45) is 5.10 Å². The molecule has 252 valence electrons. The van der Waals surface area contributed by atoms with Gasteiger partial charge in [0.15, 0.2) is 11.7 Å². The third-order valence-corrected chi connectivity index (χ3v) is 8.73. The van der Waals surface area contributed by atoms with Crippen LogP contribution in [0.5, 0.6) is 5.75 Å². The van der Waals surface area contributed by atoms with E-state index >= 15 is 0 Å². The van der Waals surface area contributed by atoms with E-state index in [-0.39, 0.29) is 13.2 Å². The van der Waals surface area contributed by atoms with E-state index in [0.29, 0.717) is 27.7 Å². The lowest BCUT2D eigenvalue weighted by Crippen LogP contribution is -2.45. The van der Waals surface area contributed by atoms with Gasteiger partial charge in [0.1, 0.15) is 5.75 Å². The molecule has 5 aromatic rings. The minimum absolute atomic E-state index is 0.223. The summed E-state index contributed by atoms with van der Waals surface area (Å²) in [7, 11) is 0. The second kappa shape index (κ2) is 15.8. The van der Waals surface area contributed by atoms with Crippen molar-refractivity contribution in [3.63, 3.8) is 0 Å². The zero-order valence-corrected chi connectivity index (χ0v) is 29.8. The molecule has 1 aromatic heterocycles. The molecule has 1 aliphatic heterocycles. The first-order chi connectivity index (χ1) is 24.3. The van der Waals surface area contributed by atoms with E-state index in [1.54, 1.807) is 32.2 Å². The number of hydrazone groups is 1. The second-order valence-electron chi connectivity index (χ2n) is 11.3. The average molecular weight is 749 g/mol. The molecule has 6 rings (SSSR count). The summed E-state index contributed by atoms with van der Waals surface area (Å²) in [6, 6.07) is 36.9. The lowest BCUT2D eigenvalue weighted by Gasteiger charge is -2.30. The van der Waals surface area contributed by atoms with Crippen molar-refractivity contribution in [2.75, 3.05) is 13.2 Å².